The topological polar surface area (TPSA) is 37.3 Å². The summed E-state index contributed by atoms with van der Waals surface area (Å²) < 4.78 is 0. The Morgan fingerprint density at radius 3 is 2.88 bits per heavy atom. The lowest BCUT2D eigenvalue weighted by atomic mass is 10.0. The predicted octanol–water partition coefficient (Wildman–Crippen LogP) is 4.07. The van der Waals surface area contributed by atoms with Gasteiger partial charge in [-0.2, -0.15) is 0 Å². The number of hydrogen-bond acceptors (Lipinski definition) is 2. The van der Waals surface area contributed by atoms with Gasteiger partial charge in [0.15, 0.2) is 0 Å². The van der Waals surface area contributed by atoms with Crippen molar-refractivity contribution in [1.82, 2.24) is 0 Å². The molecule has 2 rings (SSSR count). The first kappa shape index (κ1) is 11.9. The molecule has 0 aliphatic carbocycles. The number of hydrogen-bond donors (Lipinski definition) is 1. The van der Waals surface area contributed by atoms with Crippen LogP contribution in [0.2, 0.25) is 0 Å². The minimum Gasteiger partial charge on any atom is -0.477 e. The first-order chi connectivity index (χ1) is 8.22. The molecule has 0 spiro atoms. The summed E-state index contributed by atoms with van der Waals surface area (Å²) in [6.07, 6.45) is 2.12. The monoisotopic (exact) mass is 246 g/mol. The standard InChI is InChI=1S/C14H14O2S/c1-2-4-10-5-3-6-11(9-10)12-7-8-17-13(12)14(15)16/h3,5-9H,2,4H2,1H3,(H,15,16). The van der Waals surface area contributed by atoms with E-state index < -0.39 is 5.97 Å². The Balaban J connectivity index is 2.42. The number of carboxylic acid groups (broad SMARTS) is 1. The van der Waals surface area contributed by atoms with Gasteiger partial charge in [0.1, 0.15) is 4.88 Å². The SMILES string of the molecule is CCCc1cccc(-c2ccsc2C(=O)O)c1. The van der Waals surface area contributed by atoms with Crippen LogP contribution in [0.25, 0.3) is 11.1 Å². The highest BCUT2D eigenvalue weighted by atomic mass is 32.1. The lowest BCUT2D eigenvalue weighted by Crippen LogP contribution is -1.94. The number of benzene rings is 1. The summed E-state index contributed by atoms with van der Waals surface area (Å²) in [5.41, 5.74) is 3.07. The Labute approximate surface area is 105 Å². The molecule has 0 saturated carbocycles. The van der Waals surface area contributed by atoms with E-state index in [1.54, 1.807) is 0 Å². The van der Waals surface area contributed by atoms with Crippen LogP contribution < -0.4 is 0 Å². The van der Waals surface area contributed by atoms with Gasteiger partial charge >= 0.3 is 5.97 Å². The van der Waals surface area contributed by atoms with Gasteiger partial charge in [0, 0.05) is 5.56 Å². The predicted molar refractivity (Wildman–Crippen MR) is 70.7 cm³/mol. The van der Waals surface area contributed by atoms with Crippen LogP contribution in [-0.4, -0.2) is 11.1 Å². The molecule has 3 heteroatoms. The summed E-state index contributed by atoms with van der Waals surface area (Å²) in [5, 5.41) is 10.9. The molecule has 0 atom stereocenters. The molecule has 0 saturated heterocycles. The van der Waals surface area contributed by atoms with Gasteiger partial charge in [0.2, 0.25) is 0 Å². The van der Waals surface area contributed by atoms with Gasteiger partial charge in [-0.25, -0.2) is 4.79 Å². The highest BCUT2D eigenvalue weighted by Gasteiger charge is 2.13. The number of thiophene rings is 1. The van der Waals surface area contributed by atoms with E-state index in [0.29, 0.717) is 4.88 Å². The summed E-state index contributed by atoms with van der Waals surface area (Å²) >= 11 is 1.27. The van der Waals surface area contributed by atoms with E-state index in [1.807, 2.05) is 23.6 Å². The minimum absolute atomic E-state index is 0.415. The summed E-state index contributed by atoms with van der Waals surface area (Å²) in [4.78, 5) is 11.5. The summed E-state index contributed by atoms with van der Waals surface area (Å²) in [6.45, 7) is 2.14. The van der Waals surface area contributed by atoms with Crippen molar-refractivity contribution in [2.45, 2.75) is 19.8 Å². The number of aromatic carboxylic acids is 1. The van der Waals surface area contributed by atoms with Crippen LogP contribution in [0.3, 0.4) is 0 Å². The van der Waals surface area contributed by atoms with Gasteiger partial charge in [-0.3, -0.25) is 0 Å². The molecule has 2 aromatic rings. The average molecular weight is 246 g/mol. The zero-order valence-corrected chi connectivity index (χ0v) is 10.5. The molecule has 0 fully saturated rings. The molecule has 0 aliphatic heterocycles. The summed E-state index contributed by atoms with van der Waals surface area (Å²) in [6, 6.07) is 9.99. The highest BCUT2D eigenvalue weighted by molar-refractivity contribution is 7.12. The Morgan fingerprint density at radius 1 is 1.35 bits per heavy atom. The maximum Gasteiger partial charge on any atom is 0.346 e. The van der Waals surface area contributed by atoms with Gasteiger partial charge in [-0.05, 0) is 29.0 Å². The summed E-state index contributed by atoms with van der Waals surface area (Å²) in [5.74, 6) is -0.851. The first-order valence-electron chi connectivity index (χ1n) is 5.62. The van der Waals surface area contributed by atoms with Crippen molar-refractivity contribution in [2.75, 3.05) is 0 Å². The zero-order valence-electron chi connectivity index (χ0n) is 9.64. The molecule has 0 amide bonds. The van der Waals surface area contributed by atoms with E-state index in [4.69, 9.17) is 5.11 Å². The van der Waals surface area contributed by atoms with E-state index >= 15 is 0 Å². The number of aryl methyl sites for hydroxylation is 1. The number of carboxylic acids is 1. The molecule has 1 aromatic carbocycles. The maximum absolute atomic E-state index is 11.1. The Morgan fingerprint density at radius 2 is 2.18 bits per heavy atom. The highest BCUT2D eigenvalue weighted by Crippen LogP contribution is 2.29. The molecule has 1 aromatic heterocycles. The van der Waals surface area contributed by atoms with Crippen LogP contribution in [0.1, 0.15) is 28.6 Å². The van der Waals surface area contributed by atoms with Gasteiger partial charge in [-0.15, -0.1) is 11.3 Å². The van der Waals surface area contributed by atoms with Gasteiger partial charge in [0.05, 0.1) is 0 Å². The van der Waals surface area contributed by atoms with Crippen LogP contribution in [0.15, 0.2) is 35.7 Å². The van der Waals surface area contributed by atoms with E-state index in [0.717, 1.165) is 24.0 Å². The molecule has 1 N–H and O–H groups in total. The van der Waals surface area contributed by atoms with Crippen molar-refractivity contribution in [3.63, 3.8) is 0 Å². The number of rotatable bonds is 4. The van der Waals surface area contributed by atoms with Gasteiger partial charge in [-0.1, -0.05) is 37.6 Å². The third kappa shape index (κ3) is 2.56. The second-order valence-corrected chi connectivity index (χ2v) is 4.84. The number of carbonyl (C=O) groups is 1. The Bertz CT molecular complexity index is 529. The van der Waals surface area contributed by atoms with Crippen LogP contribution in [0.4, 0.5) is 0 Å². The van der Waals surface area contributed by atoms with Crippen molar-refractivity contribution >= 4 is 17.3 Å². The zero-order chi connectivity index (χ0) is 12.3. The van der Waals surface area contributed by atoms with Crippen LogP contribution >= 0.6 is 11.3 Å². The van der Waals surface area contributed by atoms with Crippen LogP contribution in [0.5, 0.6) is 0 Å². The normalized spacial score (nSPS) is 10.4. The molecular weight excluding hydrogens is 232 g/mol. The fourth-order valence-corrected chi connectivity index (χ4v) is 2.64. The molecular formula is C14H14O2S. The third-order valence-electron chi connectivity index (χ3n) is 2.64. The molecule has 17 heavy (non-hydrogen) atoms. The lowest BCUT2D eigenvalue weighted by molar-refractivity contribution is 0.0703. The molecule has 0 radical (unpaired) electrons. The lowest BCUT2D eigenvalue weighted by Gasteiger charge is -2.04. The summed E-state index contributed by atoms with van der Waals surface area (Å²) in [7, 11) is 0. The first-order valence-corrected chi connectivity index (χ1v) is 6.50. The molecule has 0 aliphatic rings. The fraction of sp³-hybridized carbons (Fsp3) is 0.214. The van der Waals surface area contributed by atoms with Crippen LogP contribution in [0, 0.1) is 0 Å². The van der Waals surface area contributed by atoms with E-state index in [2.05, 4.69) is 19.1 Å². The van der Waals surface area contributed by atoms with Crippen molar-refractivity contribution in [2.24, 2.45) is 0 Å². The molecule has 2 nitrogen and oxygen atoms in total. The van der Waals surface area contributed by atoms with Crippen molar-refractivity contribution in [3.8, 4) is 11.1 Å². The van der Waals surface area contributed by atoms with E-state index in [-0.39, 0.29) is 0 Å². The third-order valence-corrected chi connectivity index (χ3v) is 3.54. The smallest absolute Gasteiger partial charge is 0.346 e. The minimum atomic E-state index is -0.851. The molecule has 0 bridgehead atoms. The van der Waals surface area contributed by atoms with Crippen molar-refractivity contribution in [3.05, 3.63) is 46.2 Å². The maximum atomic E-state index is 11.1. The quantitative estimate of drug-likeness (QED) is 0.883. The van der Waals surface area contributed by atoms with Crippen LogP contribution in [-0.2, 0) is 6.42 Å². The molecule has 1 heterocycles. The largest absolute Gasteiger partial charge is 0.477 e. The van der Waals surface area contributed by atoms with E-state index in [9.17, 15) is 4.79 Å². The van der Waals surface area contributed by atoms with Crippen molar-refractivity contribution in [1.29, 1.82) is 0 Å². The fourth-order valence-electron chi connectivity index (χ4n) is 1.89. The second-order valence-electron chi connectivity index (χ2n) is 3.92. The average Bonchev–Trinajstić information content (AvgIpc) is 2.79. The van der Waals surface area contributed by atoms with Crippen molar-refractivity contribution < 1.29 is 9.90 Å². The molecule has 0 unspecified atom stereocenters. The second kappa shape index (κ2) is 5.15. The molecule has 88 valence electrons. The van der Waals surface area contributed by atoms with Gasteiger partial charge in [0.25, 0.3) is 0 Å². The Hall–Kier alpha value is -1.61. The Kier molecular flexibility index (Phi) is 3.59. The van der Waals surface area contributed by atoms with Gasteiger partial charge < -0.3 is 5.11 Å². The van der Waals surface area contributed by atoms with E-state index in [1.165, 1.54) is 16.9 Å².